The average molecular weight is 237 g/mol. The van der Waals surface area contributed by atoms with Crippen molar-refractivity contribution in [1.82, 2.24) is 13.9 Å². The average Bonchev–Trinajstić information content (AvgIpc) is 2.51. The van der Waals surface area contributed by atoms with Crippen LogP contribution in [0.3, 0.4) is 0 Å². The molecule has 0 aromatic carbocycles. The summed E-state index contributed by atoms with van der Waals surface area (Å²) >= 11 is 0. The first-order chi connectivity index (χ1) is 6.93. The van der Waals surface area contributed by atoms with Gasteiger partial charge >= 0.3 is 6.09 Å². The molecule has 88 valence electrons. The highest BCUT2D eigenvalue weighted by molar-refractivity contribution is 7.87. The van der Waals surface area contributed by atoms with Gasteiger partial charge in [-0.2, -0.15) is 12.7 Å². The van der Waals surface area contributed by atoms with Gasteiger partial charge in [0.15, 0.2) is 0 Å². The Morgan fingerprint density at radius 1 is 1.53 bits per heavy atom. The number of hydrogen-bond donors (Lipinski definition) is 1. The van der Waals surface area contributed by atoms with Gasteiger partial charge in [-0.05, 0) is 0 Å². The zero-order valence-corrected chi connectivity index (χ0v) is 9.58. The Bertz CT molecular complexity index is 327. The van der Waals surface area contributed by atoms with Gasteiger partial charge in [0.25, 0.3) is 10.2 Å². The molecule has 0 radical (unpaired) electrons. The highest BCUT2D eigenvalue weighted by atomic mass is 32.2. The van der Waals surface area contributed by atoms with Crippen molar-refractivity contribution < 1.29 is 17.9 Å². The number of hydrogen-bond acceptors (Lipinski definition) is 4. The zero-order valence-electron chi connectivity index (χ0n) is 8.76. The molecule has 0 saturated carbocycles. The number of carbonyl (C=O) groups is 1. The van der Waals surface area contributed by atoms with Crippen molar-refractivity contribution in [1.29, 1.82) is 0 Å². The van der Waals surface area contributed by atoms with Crippen LogP contribution in [0.2, 0.25) is 0 Å². The van der Waals surface area contributed by atoms with Gasteiger partial charge < -0.3 is 9.64 Å². The Hall–Kier alpha value is -0.860. The molecule has 1 N–H and O–H groups in total. The maximum Gasteiger partial charge on any atom is 0.409 e. The summed E-state index contributed by atoms with van der Waals surface area (Å²) in [6, 6.07) is 0. The minimum Gasteiger partial charge on any atom is -0.448 e. The minimum absolute atomic E-state index is 0.190. The Labute approximate surface area is 89.2 Å². The molecule has 1 rings (SSSR count). The fraction of sp³-hybridized carbons (Fsp3) is 0.857. The Kier molecular flexibility index (Phi) is 3.89. The standard InChI is InChI=1S/C7H15N3O4S/c1-9(2)15(12,13)8-3-4-10-5-6-14-7(10)11/h8H,3-6H2,1-2H3. The second-order valence-corrected chi connectivity index (χ2v) is 5.25. The molecule has 0 spiro atoms. The maximum absolute atomic E-state index is 11.3. The van der Waals surface area contributed by atoms with Crippen LogP contribution in [0.25, 0.3) is 0 Å². The van der Waals surface area contributed by atoms with Crippen molar-refractivity contribution in [3.63, 3.8) is 0 Å². The number of ether oxygens (including phenoxy) is 1. The van der Waals surface area contributed by atoms with E-state index >= 15 is 0 Å². The first-order valence-electron chi connectivity index (χ1n) is 4.52. The highest BCUT2D eigenvalue weighted by Crippen LogP contribution is 2.01. The van der Waals surface area contributed by atoms with E-state index in [4.69, 9.17) is 4.74 Å². The van der Waals surface area contributed by atoms with Crippen LogP contribution in [0.1, 0.15) is 0 Å². The molecule has 0 aromatic heterocycles. The molecular weight excluding hydrogens is 222 g/mol. The van der Waals surface area contributed by atoms with Gasteiger partial charge in [-0.1, -0.05) is 0 Å². The number of carbonyl (C=O) groups excluding carboxylic acids is 1. The molecule has 7 nitrogen and oxygen atoms in total. The molecule has 0 aromatic rings. The quantitative estimate of drug-likeness (QED) is 0.654. The first-order valence-corrected chi connectivity index (χ1v) is 5.96. The van der Waals surface area contributed by atoms with Gasteiger partial charge in [0.2, 0.25) is 0 Å². The Morgan fingerprint density at radius 2 is 2.20 bits per heavy atom. The van der Waals surface area contributed by atoms with Gasteiger partial charge in [0.1, 0.15) is 6.61 Å². The summed E-state index contributed by atoms with van der Waals surface area (Å²) in [6.45, 7) is 1.41. The van der Waals surface area contributed by atoms with E-state index < -0.39 is 10.2 Å². The third-order valence-corrected chi connectivity index (χ3v) is 3.52. The van der Waals surface area contributed by atoms with Crippen LogP contribution in [0.4, 0.5) is 4.79 Å². The summed E-state index contributed by atoms with van der Waals surface area (Å²) in [4.78, 5) is 12.4. The molecule has 1 aliphatic heterocycles. The fourth-order valence-corrected chi connectivity index (χ4v) is 1.67. The van der Waals surface area contributed by atoms with Crippen LogP contribution in [0.5, 0.6) is 0 Å². The van der Waals surface area contributed by atoms with E-state index in [0.29, 0.717) is 19.7 Å². The van der Waals surface area contributed by atoms with Crippen LogP contribution in [-0.2, 0) is 14.9 Å². The number of cyclic esters (lactones) is 1. The summed E-state index contributed by atoms with van der Waals surface area (Å²) in [6.07, 6.45) is -0.390. The van der Waals surface area contributed by atoms with Crippen molar-refractivity contribution in [2.45, 2.75) is 0 Å². The summed E-state index contributed by atoms with van der Waals surface area (Å²) < 4.78 is 30.7. The van der Waals surface area contributed by atoms with Crippen LogP contribution < -0.4 is 4.72 Å². The Morgan fingerprint density at radius 3 is 2.67 bits per heavy atom. The van der Waals surface area contributed by atoms with Crippen molar-refractivity contribution in [2.24, 2.45) is 0 Å². The van der Waals surface area contributed by atoms with E-state index in [9.17, 15) is 13.2 Å². The lowest BCUT2D eigenvalue weighted by Gasteiger charge is -2.15. The minimum atomic E-state index is -3.40. The largest absolute Gasteiger partial charge is 0.448 e. The molecule has 0 unspecified atom stereocenters. The third kappa shape index (κ3) is 3.33. The molecule has 0 atom stereocenters. The molecule has 0 bridgehead atoms. The lowest BCUT2D eigenvalue weighted by molar-refractivity contribution is 0.159. The van der Waals surface area contributed by atoms with Crippen LogP contribution in [0, 0.1) is 0 Å². The summed E-state index contributed by atoms with van der Waals surface area (Å²) in [5, 5.41) is 0. The molecule has 1 amide bonds. The van der Waals surface area contributed by atoms with Crippen LogP contribution in [0.15, 0.2) is 0 Å². The number of nitrogens with zero attached hydrogens (tertiary/aromatic N) is 2. The maximum atomic E-state index is 11.3. The van der Waals surface area contributed by atoms with Crippen molar-refractivity contribution >= 4 is 16.3 Å². The molecule has 1 aliphatic rings. The summed E-state index contributed by atoms with van der Waals surface area (Å²) in [5.41, 5.74) is 0. The van der Waals surface area contributed by atoms with Gasteiger partial charge in [0, 0.05) is 27.2 Å². The second kappa shape index (κ2) is 4.77. The summed E-state index contributed by atoms with van der Waals surface area (Å²) in [7, 11) is -0.529. The molecule has 1 heterocycles. The van der Waals surface area contributed by atoms with E-state index in [-0.39, 0.29) is 12.6 Å². The molecule has 15 heavy (non-hydrogen) atoms. The molecule has 0 aliphatic carbocycles. The predicted molar refractivity (Wildman–Crippen MR) is 53.5 cm³/mol. The topological polar surface area (TPSA) is 79.0 Å². The first kappa shape index (κ1) is 12.2. The zero-order chi connectivity index (χ0) is 11.5. The van der Waals surface area contributed by atoms with Crippen LogP contribution in [-0.4, -0.2) is 64.1 Å². The van der Waals surface area contributed by atoms with Crippen LogP contribution >= 0.6 is 0 Å². The van der Waals surface area contributed by atoms with Gasteiger partial charge in [-0.25, -0.2) is 9.52 Å². The smallest absolute Gasteiger partial charge is 0.409 e. The predicted octanol–water partition coefficient (Wildman–Crippen LogP) is -1.17. The van der Waals surface area contributed by atoms with E-state index in [1.54, 1.807) is 0 Å². The van der Waals surface area contributed by atoms with Gasteiger partial charge in [0.05, 0.1) is 6.54 Å². The molecule has 1 saturated heterocycles. The second-order valence-electron chi connectivity index (χ2n) is 3.28. The number of nitrogens with one attached hydrogen (secondary N) is 1. The fourth-order valence-electron chi connectivity index (χ4n) is 1.07. The third-order valence-electron chi connectivity index (χ3n) is 1.99. The Balaban J connectivity index is 2.30. The highest BCUT2D eigenvalue weighted by Gasteiger charge is 2.22. The lowest BCUT2D eigenvalue weighted by atomic mass is 10.5. The monoisotopic (exact) mass is 237 g/mol. The SMILES string of the molecule is CN(C)S(=O)(=O)NCCN1CCOC1=O. The molecule has 1 fully saturated rings. The van der Waals surface area contributed by atoms with Crippen molar-refractivity contribution in [3.05, 3.63) is 0 Å². The van der Waals surface area contributed by atoms with E-state index in [1.165, 1.54) is 19.0 Å². The normalized spacial score (nSPS) is 17.3. The van der Waals surface area contributed by atoms with E-state index in [2.05, 4.69) is 4.72 Å². The van der Waals surface area contributed by atoms with Crippen molar-refractivity contribution in [2.75, 3.05) is 40.3 Å². The van der Waals surface area contributed by atoms with E-state index in [0.717, 1.165) is 4.31 Å². The molecular formula is C7H15N3O4S. The molecule has 8 heteroatoms. The van der Waals surface area contributed by atoms with Gasteiger partial charge in [-0.3, -0.25) is 0 Å². The van der Waals surface area contributed by atoms with Gasteiger partial charge in [-0.15, -0.1) is 0 Å². The van der Waals surface area contributed by atoms with E-state index in [1.807, 2.05) is 0 Å². The summed E-state index contributed by atoms with van der Waals surface area (Å²) in [5.74, 6) is 0. The number of rotatable bonds is 5. The number of amides is 1. The van der Waals surface area contributed by atoms with Crippen molar-refractivity contribution in [3.8, 4) is 0 Å². The lowest BCUT2D eigenvalue weighted by Crippen LogP contribution is -2.40.